The van der Waals surface area contributed by atoms with Crippen LogP contribution in [0.5, 0.6) is 11.8 Å². The number of aromatic nitrogens is 2. The second kappa shape index (κ2) is 11.1. The van der Waals surface area contributed by atoms with Gasteiger partial charge in [-0.15, -0.1) is 6.42 Å². The minimum atomic E-state index is -0.841. The molecular weight excluding hydrogens is 566 g/mol. The fourth-order valence-electron chi connectivity index (χ4n) is 7.28. The van der Waals surface area contributed by atoms with Crippen molar-refractivity contribution in [3.63, 3.8) is 0 Å². The van der Waals surface area contributed by atoms with Gasteiger partial charge in [-0.1, -0.05) is 18.1 Å². The Kier molecular flexibility index (Phi) is 7.30. The number of fused-ring (bicyclic) bond motifs is 3. The summed E-state index contributed by atoms with van der Waals surface area (Å²) in [6.07, 6.45) is 8.39. The number of thioether (sulfide) groups is 1. The zero-order valence-corrected chi connectivity index (χ0v) is 25.0. The van der Waals surface area contributed by atoms with Gasteiger partial charge in [-0.05, 0) is 84.8 Å². The van der Waals surface area contributed by atoms with Crippen molar-refractivity contribution in [2.45, 2.75) is 44.3 Å². The molecule has 2 unspecified atom stereocenters. The van der Waals surface area contributed by atoms with Gasteiger partial charge < -0.3 is 14.7 Å². The largest absolute Gasteiger partial charge is 0.508 e. The number of ether oxygens (including phenoxy) is 1. The molecule has 0 spiro atoms. The average Bonchev–Trinajstić information content (AvgIpc) is 3.37. The number of hydrogen-bond donors (Lipinski definition) is 1. The number of benzene rings is 3. The molecule has 222 valence electrons. The number of nitrogens with zero attached hydrogens (tertiary/aromatic N) is 4. The highest BCUT2D eigenvalue weighted by atomic mass is 32.2. The van der Waals surface area contributed by atoms with Crippen LogP contribution in [0.25, 0.3) is 32.8 Å². The van der Waals surface area contributed by atoms with E-state index >= 15 is 0 Å². The standard InChI is InChI=1S/C34H34F2N4O2S/c1-3-25-29(36)9-6-22-16-24(41)17-28(30(22)25)26-7-8-27-31(21(26)2)37-33(38-32(27)39-11-5-14-43-15-13-39)42-20-34-10-4-12-40(34)19-23(35)18-34/h1,6-9,16-17,23,41H,4-5,10-15,18-20H2,2H3. The van der Waals surface area contributed by atoms with Crippen LogP contribution in [0, 0.1) is 25.1 Å². The van der Waals surface area contributed by atoms with E-state index in [0.717, 1.165) is 78.3 Å². The summed E-state index contributed by atoms with van der Waals surface area (Å²) in [6, 6.07) is 10.4. The number of rotatable bonds is 5. The molecule has 6 nitrogen and oxygen atoms in total. The summed E-state index contributed by atoms with van der Waals surface area (Å²) in [6.45, 7) is 5.40. The number of hydrogen-bond acceptors (Lipinski definition) is 7. The third kappa shape index (κ3) is 4.95. The molecule has 7 rings (SSSR count). The van der Waals surface area contributed by atoms with E-state index in [1.807, 2.05) is 30.8 Å². The summed E-state index contributed by atoms with van der Waals surface area (Å²) < 4.78 is 35.7. The van der Waals surface area contributed by atoms with Gasteiger partial charge in [0.15, 0.2) is 0 Å². The summed E-state index contributed by atoms with van der Waals surface area (Å²) >= 11 is 1.94. The quantitative estimate of drug-likeness (QED) is 0.263. The van der Waals surface area contributed by atoms with Crippen LogP contribution in [0.2, 0.25) is 0 Å². The summed E-state index contributed by atoms with van der Waals surface area (Å²) in [7, 11) is 0. The zero-order chi connectivity index (χ0) is 29.7. The average molecular weight is 601 g/mol. The van der Waals surface area contributed by atoms with Crippen molar-refractivity contribution in [1.29, 1.82) is 0 Å². The summed E-state index contributed by atoms with van der Waals surface area (Å²) in [5, 5.41) is 12.8. The summed E-state index contributed by atoms with van der Waals surface area (Å²) in [5.41, 5.74) is 2.83. The highest BCUT2D eigenvalue weighted by Crippen LogP contribution is 2.42. The monoisotopic (exact) mass is 600 g/mol. The van der Waals surface area contributed by atoms with Gasteiger partial charge in [-0.2, -0.15) is 21.7 Å². The van der Waals surface area contributed by atoms with Crippen LogP contribution >= 0.6 is 11.8 Å². The smallest absolute Gasteiger partial charge is 0.319 e. The lowest BCUT2D eigenvalue weighted by molar-refractivity contribution is 0.107. The van der Waals surface area contributed by atoms with Crippen LogP contribution in [0.4, 0.5) is 14.6 Å². The third-order valence-corrected chi connectivity index (χ3v) is 10.4. The van der Waals surface area contributed by atoms with Crippen molar-refractivity contribution in [2.75, 3.05) is 49.2 Å². The minimum absolute atomic E-state index is 0.0640. The Bertz CT molecular complexity index is 1770. The molecule has 3 aromatic carbocycles. The van der Waals surface area contributed by atoms with Crippen molar-refractivity contribution in [2.24, 2.45) is 0 Å². The Morgan fingerprint density at radius 2 is 2.00 bits per heavy atom. The molecule has 4 aromatic rings. The number of aromatic hydroxyl groups is 1. The van der Waals surface area contributed by atoms with Gasteiger partial charge in [0.2, 0.25) is 0 Å². The normalized spacial score (nSPS) is 22.6. The number of halogens is 2. The topological polar surface area (TPSA) is 61.7 Å². The lowest BCUT2D eigenvalue weighted by Gasteiger charge is -2.31. The molecule has 0 aliphatic carbocycles. The maximum Gasteiger partial charge on any atom is 0.319 e. The van der Waals surface area contributed by atoms with Crippen LogP contribution in [-0.4, -0.2) is 76.0 Å². The van der Waals surface area contributed by atoms with Gasteiger partial charge in [-0.3, -0.25) is 4.90 Å². The molecule has 3 saturated heterocycles. The first-order valence-corrected chi connectivity index (χ1v) is 16.1. The van der Waals surface area contributed by atoms with Crippen LogP contribution in [0.1, 0.15) is 36.8 Å². The number of aryl methyl sites for hydroxylation is 1. The van der Waals surface area contributed by atoms with Crippen LogP contribution in [-0.2, 0) is 0 Å². The van der Waals surface area contributed by atoms with Crippen molar-refractivity contribution >= 4 is 39.3 Å². The highest BCUT2D eigenvalue weighted by Gasteiger charge is 2.49. The van der Waals surface area contributed by atoms with E-state index in [1.54, 1.807) is 18.2 Å². The molecule has 3 aliphatic rings. The maximum atomic E-state index is 14.9. The predicted octanol–water partition coefficient (Wildman–Crippen LogP) is 6.48. The highest BCUT2D eigenvalue weighted by molar-refractivity contribution is 7.99. The fraction of sp³-hybridized carbons (Fsp3) is 0.412. The first kappa shape index (κ1) is 28.2. The molecule has 0 radical (unpaired) electrons. The van der Waals surface area contributed by atoms with Crippen molar-refractivity contribution in [3.8, 4) is 35.2 Å². The van der Waals surface area contributed by atoms with Gasteiger partial charge in [0, 0.05) is 42.6 Å². The molecule has 3 fully saturated rings. The van der Waals surface area contributed by atoms with Crippen LogP contribution in [0.3, 0.4) is 0 Å². The number of phenolic OH excluding ortho intramolecular Hbond substituents is 1. The molecule has 1 aromatic heterocycles. The summed E-state index contributed by atoms with van der Waals surface area (Å²) in [5.74, 6) is 5.03. The second-order valence-corrected chi connectivity index (χ2v) is 13.2. The van der Waals surface area contributed by atoms with Gasteiger partial charge in [0.05, 0.1) is 16.6 Å². The molecule has 43 heavy (non-hydrogen) atoms. The minimum Gasteiger partial charge on any atom is -0.508 e. The molecule has 0 bridgehead atoms. The van der Waals surface area contributed by atoms with Crippen LogP contribution < -0.4 is 9.64 Å². The van der Waals surface area contributed by atoms with Gasteiger partial charge in [0.1, 0.15) is 30.2 Å². The molecule has 4 heterocycles. The molecule has 3 aliphatic heterocycles. The van der Waals surface area contributed by atoms with Crippen molar-refractivity contribution < 1.29 is 18.6 Å². The maximum absolute atomic E-state index is 14.9. The Labute approximate surface area is 254 Å². The lowest BCUT2D eigenvalue weighted by atomic mass is 9.91. The molecule has 9 heteroatoms. The van der Waals surface area contributed by atoms with E-state index in [0.29, 0.717) is 35.9 Å². The van der Waals surface area contributed by atoms with E-state index in [4.69, 9.17) is 21.1 Å². The molecule has 2 atom stereocenters. The predicted molar refractivity (Wildman–Crippen MR) is 169 cm³/mol. The van der Waals surface area contributed by atoms with Gasteiger partial charge in [0.25, 0.3) is 0 Å². The first-order valence-electron chi connectivity index (χ1n) is 14.9. The van der Waals surface area contributed by atoms with Crippen molar-refractivity contribution in [1.82, 2.24) is 14.9 Å². The Balaban J connectivity index is 1.38. The van der Waals surface area contributed by atoms with E-state index in [2.05, 4.69) is 15.7 Å². The number of alkyl halides is 1. The molecule has 0 saturated carbocycles. The molecular formula is C34H34F2N4O2S. The third-order valence-electron chi connectivity index (χ3n) is 9.32. The van der Waals surface area contributed by atoms with Crippen molar-refractivity contribution in [3.05, 3.63) is 53.3 Å². The van der Waals surface area contributed by atoms with Gasteiger partial charge >= 0.3 is 6.01 Å². The van der Waals surface area contributed by atoms with Crippen LogP contribution in [0.15, 0.2) is 36.4 Å². The molecule has 1 N–H and O–H groups in total. The number of terminal acetylenes is 1. The number of anilines is 1. The second-order valence-electron chi connectivity index (χ2n) is 11.9. The zero-order valence-electron chi connectivity index (χ0n) is 24.2. The van der Waals surface area contributed by atoms with Gasteiger partial charge in [-0.25, -0.2) is 8.78 Å². The van der Waals surface area contributed by atoms with E-state index < -0.39 is 12.0 Å². The molecule has 0 amide bonds. The van der Waals surface area contributed by atoms with E-state index in [9.17, 15) is 13.9 Å². The van der Waals surface area contributed by atoms with E-state index in [-0.39, 0.29) is 22.9 Å². The Morgan fingerprint density at radius 3 is 2.86 bits per heavy atom. The first-order chi connectivity index (χ1) is 20.9. The van der Waals surface area contributed by atoms with E-state index in [1.165, 1.54) is 6.07 Å². The fourth-order valence-corrected chi connectivity index (χ4v) is 8.16. The number of phenols is 1. The summed E-state index contributed by atoms with van der Waals surface area (Å²) in [4.78, 5) is 14.4. The Hall–Kier alpha value is -3.61. The SMILES string of the molecule is C#Cc1c(F)ccc2cc(O)cc(-c3ccc4c(N5CCCSCC5)nc(OCC56CCCN5CC(F)C6)nc4c3C)c12. The lowest BCUT2D eigenvalue weighted by Crippen LogP contribution is -2.43. The Morgan fingerprint density at radius 1 is 1.12 bits per heavy atom.